The highest BCUT2D eigenvalue weighted by molar-refractivity contribution is 5.86. The SMILES string of the molecule is CCN(CC)C(=O)CN(CC(=O)N(CC)CC)c1ccc(O)cc1. The summed E-state index contributed by atoms with van der Waals surface area (Å²) in [6.07, 6.45) is 0. The van der Waals surface area contributed by atoms with Gasteiger partial charge in [0.15, 0.2) is 0 Å². The number of nitrogens with zero attached hydrogens (tertiary/aromatic N) is 3. The van der Waals surface area contributed by atoms with Crippen LogP contribution in [0.1, 0.15) is 27.7 Å². The molecule has 2 amide bonds. The zero-order valence-corrected chi connectivity index (χ0v) is 15.2. The number of rotatable bonds is 9. The van der Waals surface area contributed by atoms with E-state index < -0.39 is 0 Å². The molecule has 0 fully saturated rings. The van der Waals surface area contributed by atoms with Crippen molar-refractivity contribution in [1.82, 2.24) is 9.80 Å². The fraction of sp³-hybridized carbons (Fsp3) is 0.556. The van der Waals surface area contributed by atoms with Crippen molar-refractivity contribution in [3.8, 4) is 5.75 Å². The van der Waals surface area contributed by atoms with Crippen molar-refractivity contribution in [2.24, 2.45) is 0 Å². The molecule has 0 atom stereocenters. The minimum atomic E-state index is -0.0135. The van der Waals surface area contributed by atoms with Crippen molar-refractivity contribution < 1.29 is 14.7 Å². The second-order valence-corrected chi connectivity index (χ2v) is 5.50. The summed E-state index contributed by atoms with van der Waals surface area (Å²) in [6, 6.07) is 6.57. The molecule has 0 bridgehead atoms. The Kier molecular flexibility index (Phi) is 8.09. The van der Waals surface area contributed by atoms with Gasteiger partial charge < -0.3 is 19.8 Å². The molecule has 0 saturated carbocycles. The van der Waals surface area contributed by atoms with Crippen LogP contribution < -0.4 is 4.90 Å². The van der Waals surface area contributed by atoms with Crippen molar-refractivity contribution in [1.29, 1.82) is 0 Å². The Morgan fingerprint density at radius 3 is 1.50 bits per heavy atom. The van der Waals surface area contributed by atoms with E-state index in [1.54, 1.807) is 39.0 Å². The molecule has 0 radical (unpaired) electrons. The van der Waals surface area contributed by atoms with E-state index in [1.165, 1.54) is 0 Å². The van der Waals surface area contributed by atoms with Crippen LogP contribution in [-0.4, -0.2) is 66.0 Å². The number of carbonyl (C=O) groups is 2. The minimum absolute atomic E-state index is 0.0135. The smallest absolute Gasteiger partial charge is 0.242 e. The number of benzene rings is 1. The summed E-state index contributed by atoms with van der Waals surface area (Å²) in [5.41, 5.74) is 0.744. The molecule has 6 heteroatoms. The number of anilines is 1. The Labute approximate surface area is 144 Å². The van der Waals surface area contributed by atoms with Crippen LogP contribution in [0.5, 0.6) is 5.75 Å². The van der Waals surface area contributed by atoms with Gasteiger partial charge in [-0.05, 0) is 52.0 Å². The molecular formula is C18H29N3O3. The van der Waals surface area contributed by atoms with Crippen LogP contribution in [-0.2, 0) is 9.59 Å². The molecule has 1 aromatic carbocycles. The molecule has 0 unspecified atom stereocenters. The molecule has 0 spiro atoms. The standard InChI is InChI=1S/C18H29N3O3/c1-5-19(6-2)17(23)13-21(14-18(24)20(7-3)8-4)15-9-11-16(22)12-10-15/h9-12,22H,5-8,13-14H2,1-4H3. The zero-order valence-electron chi connectivity index (χ0n) is 15.2. The molecule has 6 nitrogen and oxygen atoms in total. The van der Waals surface area contributed by atoms with Gasteiger partial charge in [-0.2, -0.15) is 0 Å². The molecule has 0 aliphatic carbocycles. The summed E-state index contributed by atoms with van der Waals surface area (Å²) in [6.45, 7) is 10.6. The van der Waals surface area contributed by atoms with Gasteiger partial charge in [-0.25, -0.2) is 0 Å². The summed E-state index contributed by atoms with van der Waals surface area (Å²) >= 11 is 0. The van der Waals surface area contributed by atoms with Crippen molar-refractivity contribution in [3.05, 3.63) is 24.3 Å². The predicted octanol–water partition coefficient (Wildman–Crippen LogP) is 1.94. The lowest BCUT2D eigenvalue weighted by Crippen LogP contribution is -2.45. The van der Waals surface area contributed by atoms with Gasteiger partial charge in [-0.1, -0.05) is 0 Å². The van der Waals surface area contributed by atoms with Gasteiger partial charge >= 0.3 is 0 Å². The van der Waals surface area contributed by atoms with E-state index in [1.807, 2.05) is 27.7 Å². The molecule has 0 aliphatic heterocycles. The zero-order chi connectivity index (χ0) is 18.1. The number of hydrogen-bond acceptors (Lipinski definition) is 4. The fourth-order valence-corrected chi connectivity index (χ4v) is 2.58. The van der Waals surface area contributed by atoms with Crippen molar-refractivity contribution >= 4 is 17.5 Å². The topological polar surface area (TPSA) is 64.1 Å². The normalized spacial score (nSPS) is 10.3. The lowest BCUT2D eigenvalue weighted by atomic mass is 10.2. The molecule has 0 heterocycles. The van der Waals surface area contributed by atoms with Crippen LogP contribution in [0.2, 0.25) is 0 Å². The largest absolute Gasteiger partial charge is 0.508 e. The average molecular weight is 335 g/mol. The van der Waals surface area contributed by atoms with E-state index in [0.29, 0.717) is 26.2 Å². The van der Waals surface area contributed by atoms with Crippen LogP contribution in [0, 0.1) is 0 Å². The maximum absolute atomic E-state index is 12.5. The lowest BCUT2D eigenvalue weighted by molar-refractivity contribution is -0.130. The Bertz CT molecular complexity index is 497. The van der Waals surface area contributed by atoms with Gasteiger partial charge in [0.1, 0.15) is 5.75 Å². The van der Waals surface area contributed by atoms with Gasteiger partial charge in [0.2, 0.25) is 11.8 Å². The molecule has 1 rings (SSSR count). The maximum atomic E-state index is 12.5. The third-order valence-electron chi connectivity index (χ3n) is 4.10. The number of amides is 2. The van der Waals surface area contributed by atoms with E-state index in [4.69, 9.17) is 0 Å². The molecule has 1 aromatic rings. The highest BCUT2D eigenvalue weighted by Crippen LogP contribution is 2.18. The first-order valence-electron chi connectivity index (χ1n) is 8.56. The van der Waals surface area contributed by atoms with E-state index in [0.717, 1.165) is 5.69 Å². The summed E-state index contributed by atoms with van der Waals surface area (Å²) in [5.74, 6) is 0.129. The van der Waals surface area contributed by atoms with E-state index >= 15 is 0 Å². The molecule has 134 valence electrons. The average Bonchev–Trinajstić information content (AvgIpc) is 2.57. The van der Waals surface area contributed by atoms with Gasteiger partial charge in [-0.15, -0.1) is 0 Å². The molecule has 1 N–H and O–H groups in total. The van der Waals surface area contributed by atoms with Crippen molar-refractivity contribution in [3.63, 3.8) is 0 Å². The Balaban J connectivity index is 2.96. The van der Waals surface area contributed by atoms with Crippen LogP contribution >= 0.6 is 0 Å². The first-order chi connectivity index (χ1) is 11.5. The molecule has 24 heavy (non-hydrogen) atoms. The lowest BCUT2D eigenvalue weighted by Gasteiger charge is -2.29. The fourth-order valence-electron chi connectivity index (χ4n) is 2.58. The van der Waals surface area contributed by atoms with E-state index in [9.17, 15) is 14.7 Å². The van der Waals surface area contributed by atoms with Gasteiger partial charge in [0.05, 0.1) is 13.1 Å². The van der Waals surface area contributed by atoms with Gasteiger partial charge in [0.25, 0.3) is 0 Å². The summed E-state index contributed by atoms with van der Waals surface area (Å²) in [5, 5.41) is 9.46. The Morgan fingerprint density at radius 2 is 1.17 bits per heavy atom. The Hall–Kier alpha value is -2.24. The quantitative estimate of drug-likeness (QED) is 0.749. The number of aromatic hydroxyl groups is 1. The molecule has 0 aliphatic rings. The highest BCUT2D eigenvalue weighted by atomic mass is 16.3. The summed E-state index contributed by atoms with van der Waals surface area (Å²) in [4.78, 5) is 30.2. The maximum Gasteiger partial charge on any atom is 0.242 e. The number of phenolic OH excluding ortho intramolecular Hbond substituents is 1. The molecular weight excluding hydrogens is 306 g/mol. The van der Waals surface area contributed by atoms with Crippen molar-refractivity contribution in [2.45, 2.75) is 27.7 Å². The monoisotopic (exact) mass is 335 g/mol. The van der Waals surface area contributed by atoms with Crippen molar-refractivity contribution in [2.75, 3.05) is 44.2 Å². The first kappa shape index (κ1) is 19.8. The van der Waals surface area contributed by atoms with Crippen LogP contribution in [0.15, 0.2) is 24.3 Å². The predicted molar refractivity (Wildman–Crippen MR) is 96.2 cm³/mol. The second kappa shape index (κ2) is 9.80. The number of phenols is 1. The second-order valence-electron chi connectivity index (χ2n) is 5.50. The number of likely N-dealkylation sites (N-methyl/N-ethyl adjacent to an activating group) is 2. The highest BCUT2D eigenvalue weighted by Gasteiger charge is 2.20. The van der Waals surface area contributed by atoms with E-state index in [2.05, 4.69) is 0 Å². The van der Waals surface area contributed by atoms with Gasteiger partial charge in [-0.3, -0.25) is 9.59 Å². The number of hydrogen-bond donors (Lipinski definition) is 1. The summed E-state index contributed by atoms with van der Waals surface area (Å²) < 4.78 is 0. The number of carbonyl (C=O) groups excluding carboxylic acids is 2. The van der Waals surface area contributed by atoms with E-state index in [-0.39, 0.29) is 30.7 Å². The van der Waals surface area contributed by atoms with Gasteiger partial charge in [0, 0.05) is 31.9 Å². The molecule has 0 saturated heterocycles. The minimum Gasteiger partial charge on any atom is -0.508 e. The summed E-state index contributed by atoms with van der Waals surface area (Å²) in [7, 11) is 0. The third-order valence-corrected chi connectivity index (χ3v) is 4.10. The van der Waals surface area contributed by atoms with Crippen LogP contribution in [0.4, 0.5) is 5.69 Å². The Morgan fingerprint density at radius 1 is 0.792 bits per heavy atom. The molecule has 0 aromatic heterocycles. The first-order valence-corrected chi connectivity index (χ1v) is 8.56. The van der Waals surface area contributed by atoms with Crippen LogP contribution in [0.3, 0.4) is 0 Å². The van der Waals surface area contributed by atoms with Crippen LogP contribution in [0.25, 0.3) is 0 Å². The third kappa shape index (κ3) is 5.44.